The zero-order chi connectivity index (χ0) is 18.9. The Balaban J connectivity index is 2.92. The molecule has 0 aromatic heterocycles. The van der Waals surface area contributed by atoms with E-state index in [0.29, 0.717) is 0 Å². The fourth-order valence-corrected chi connectivity index (χ4v) is 2.59. The molecule has 7 nitrogen and oxygen atoms in total. The molecule has 0 aromatic rings. The third-order valence-electron chi connectivity index (χ3n) is 3.84. The van der Waals surface area contributed by atoms with E-state index in [-0.39, 0.29) is 24.6 Å². The number of nitrogens with zero attached hydrogens (tertiary/aromatic N) is 2. The van der Waals surface area contributed by atoms with E-state index >= 15 is 0 Å². The summed E-state index contributed by atoms with van der Waals surface area (Å²) in [5.74, 6) is -0.383. The molecule has 0 saturated carbocycles. The number of nitrogens with one attached hydrogen (secondary N) is 1. The Hall–Kier alpha value is -1.81. The standard InChI is InChI=1S/C17H29N3O4/c1-11-12(9-19-13(21)16(5,6)10-18)20(17(7,8)23-11)14(22)24-15(2,3)4/h11-12H,9H2,1-8H3,(H,19,21)/t11-,12+/m0/s1. The van der Waals surface area contributed by atoms with Crippen molar-refractivity contribution >= 4 is 12.0 Å². The van der Waals surface area contributed by atoms with Gasteiger partial charge in [0.2, 0.25) is 5.91 Å². The number of nitriles is 1. The van der Waals surface area contributed by atoms with Gasteiger partial charge in [-0.05, 0) is 55.4 Å². The highest BCUT2D eigenvalue weighted by molar-refractivity contribution is 5.84. The summed E-state index contributed by atoms with van der Waals surface area (Å²) in [6.45, 7) is 14.1. The number of hydrogen-bond acceptors (Lipinski definition) is 5. The third-order valence-corrected chi connectivity index (χ3v) is 3.84. The maximum absolute atomic E-state index is 12.6. The molecule has 0 bridgehead atoms. The normalized spacial score (nSPS) is 23.5. The maximum atomic E-state index is 12.6. The van der Waals surface area contributed by atoms with E-state index in [9.17, 15) is 9.59 Å². The number of amides is 2. The van der Waals surface area contributed by atoms with Gasteiger partial charge in [-0.3, -0.25) is 9.69 Å². The summed E-state index contributed by atoms with van der Waals surface area (Å²) in [6, 6.07) is 1.58. The molecule has 1 N–H and O–H groups in total. The van der Waals surface area contributed by atoms with Crippen molar-refractivity contribution in [3.63, 3.8) is 0 Å². The Bertz CT molecular complexity index is 543. The molecule has 1 aliphatic rings. The first-order valence-corrected chi connectivity index (χ1v) is 8.11. The molecule has 1 aliphatic heterocycles. The maximum Gasteiger partial charge on any atom is 0.412 e. The van der Waals surface area contributed by atoms with Crippen molar-refractivity contribution in [1.29, 1.82) is 5.26 Å². The van der Waals surface area contributed by atoms with Gasteiger partial charge in [0.15, 0.2) is 0 Å². The highest BCUT2D eigenvalue weighted by Crippen LogP contribution is 2.33. The van der Waals surface area contributed by atoms with Gasteiger partial charge < -0.3 is 14.8 Å². The Morgan fingerprint density at radius 1 is 1.29 bits per heavy atom. The van der Waals surface area contributed by atoms with Gasteiger partial charge in [-0.2, -0.15) is 5.26 Å². The van der Waals surface area contributed by atoms with E-state index in [0.717, 1.165) is 0 Å². The van der Waals surface area contributed by atoms with Gasteiger partial charge in [-0.15, -0.1) is 0 Å². The van der Waals surface area contributed by atoms with Crippen LogP contribution < -0.4 is 5.32 Å². The lowest BCUT2D eigenvalue weighted by Crippen LogP contribution is -2.54. The minimum Gasteiger partial charge on any atom is -0.444 e. The third kappa shape index (κ3) is 4.60. The highest BCUT2D eigenvalue weighted by Gasteiger charge is 2.49. The Morgan fingerprint density at radius 2 is 1.83 bits per heavy atom. The van der Waals surface area contributed by atoms with Crippen LogP contribution in [-0.4, -0.2) is 46.9 Å². The van der Waals surface area contributed by atoms with Crippen molar-refractivity contribution in [3.05, 3.63) is 0 Å². The second kappa shape index (κ2) is 6.60. The molecule has 0 radical (unpaired) electrons. The van der Waals surface area contributed by atoms with E-state index in [1.165, 1.54) is 4.90 Å². The predicted molar refractivity (Wildman–Crippen MR) is 88.9 cm³/mol. The van der Waals surface area contributed by atoms with Crippen LogP contribution in [0.2, 0.25) is 0 Å². The van der Waals surface area contributed by atoms with Gasteiger partial charge in [0.25, 0.3) is 0 Å². The van der Waals surface area contributed by atoms with Crippen LogP contribution in [0.4, 0.5) is 4.79 Å². The van der Waals surface area contributed by atoms with Crippen molar-refractivity contribution < 1.29 is 19.1 Å². The average molecular weight is 339 g/mol. The van der Waals surface area contributed by atoms with Gasteiger partial charge in [-0.1, -0.05) is 0 Å². The summed E-state index contributed by atoms with van der Waals surface area (Å²) in [7, 11) is 0. The number of carbonyl (C=O) groups excluding carboxylic acids is 2. The summed E-state index contributed by atoms with van der Waals surface area (Å²) >= 11 is 0. The van der Waals surface area contributed by atoms with Crippen LogP contribution in [0.15, 0.2) is 0 Å². The molecule has 1 rings (SSSR count). The topological polar surface area (TPSA) is 91.7 Å². The lowest BCUT2D eigenvalue weighted by Gasteiger charge is -2.35. The van der Waals surface area contributed by atoms with Crippen molar-refractivity contribution in [2.75, 3.05) is 6.54 Å². The second-order valence-electron chi connectivity index (χ2n) is 8.13. The van der Waals surface area contributed by atoms with Gasteiger partial charge in [0, 0.05) is 6.54 Å². The van der Waals surface area contributed by atoms with Crippen LogP contribution in [-0.2, 0) is 14.3 Å². The smallest absolute Gasteiger partial charge is 0.412 e. The molecule has 2 amide bonds. The minimum atomic E-state index is -1.13. The molecular weight excluding hydrogens is 310 g/mol. The minimum absolute atomic E-state index is 0.188. The van der Waals surface area contributed by atoms with E-state index < -0.39 is 22.8 Å². The van der Waals surface area contributed by atoms with E-state index in [4.69, 9.17) is 14.7 Å². The largest absolute Gasteiger partial charge is 0.444 e. The molecule has 1 saturated heterocycles. The summed E-state index contributed by atoms with van der Waals surface area (Å²) in [5.41, 5.74) is -2.60. The first kappa shape index (κ1) is 20.2. The lowest BCUT2D eigenvalue weighted by atomic mass is 9.94. The van der Waals surface area contributed by atoms with Crippen LogP contribution in [0.5, 0.6) is 0 Å². The van der Waals surface area contributed by atoms with Gasteiger partial charge in [-0.25, -0.2) is 4.79 Å². The predicted octanol–water partition coefficient (Wildman–Crippen LogP) is 2.41. The Labute approximate surface area is 144 Å². The quantitative estimate of drug-likeness (QED) is 0.852. The van der Waals surface area contributed by atoms with Crippen molar-refractivity contribution in [1.82, 2.24) is 10.2 Å². The SMILES string of the molecule is C[C@@H]1OC(C)(C)N(C(=O)OC(C)(C)C)[C@@H]1CNC(=O)C(C)(C)C#N. The molecule has 7 heteroatoms. The van der Waals surface area contributed by atoms with Gasteiger partial charge >= 0.3 is 6.09 Å². The summed E-state index contributed by atoms with van der Waals surface area (Å²) in [6.07, 6.45) is -0.770. The van der Waals surface area contributed by atoms with Crippen molar-refractivity contribution in [3.8, 4) is 6.07 Å². The zero-order valence-corrected chi connectivity index (χ0v) is 15.9. The Kier molecular flexibility index (Phi) is 5.56. The lowest BCUT2D eigenvalue weighted by molar-refractivity contribution is -0.127. The first-order valence-electron chi connectivity index (χ1n) is 8.11. The fourth-order valence-electron chi connectivity index (χ4n) is 2.59. The van der Waals surface area contributed by atoms with Crippen LogP contribution in [0.3, 0.4) is 0 Å². The summed E-state index contributed by atoms with van der Waals surface area (Å²) in [5, 5.41) is 11.8. The molecule has 2 atom stereocenters. The second-order valence-corrected chi connectivity index (χ2v) is 8.13. The van der Waals surface area contributed by atoms with Gasteiger partial charge in [0.1, 0.15) is 16.7 Å². The van der Waals surface area contributed by atoms with Crippen molar-refractivity contribution in [2.45, 2.75) is 78.9 Å². The number of rotatable bonds is 3. The molecule has 136 valence electrons. The number of ether oxygens (including phenoxy) is 2. The van der Waals surface area contributed by atoms with Gasteiger partial charge in [0.05, 0.1) is 18.2 Å². The van der Waals surface area contributed by atoms with E-state index in [1.807, 2.05) is 13.0 Å². The number of carbonyl (C=O) groups is 2. The number of hydrogen-bond donors (Lipinski definition) is 1. The van der Waals surface area contributed by atoms with Crippen LogP contribution in [0.25, 0.3) is 0 Å². The van der Waals surface area contributed by atoms with Crippen LogP contribution >= 0.6 is 0 Å². The summed E-state index contributed by atoms with van der Waals surface area (Å²) < 4.78 is 11.3. The molecule has 1 heterocycles. The van der Waals surface area contributed by atoms with Crippen molar-refractivity contribution in [2.24, 2.45) is 5.41 Å². The first-order chi connectivity index (χ1) is 10.7. The van der Waals surface area contributed by atoms with E-state index in [1.54, 1.807) is 48.5 Å². The molecular formula is C17H29N3O4. The molecule has 1 fully saturated rings. The Morgan fingerprint density at radius 3 is 2.29 bits per heavy atom. The van der Waals surface area contributed by atoms with Crippen LogP contribution in [0, 0.1) is 16.7 Å². The molecule has 0 spiro atoms. The van der Waals surface area contributed by atoms with E-state index in [2.05, 4.69) is 5.32 Å². The highest BCUT2D eigenvalue weighted by atomic mass is 16.6. The fraction of sp³-hybridized carbons (Fsp3) is 0.824. The molecule has 0 aromatic carbocycles. The zero-order valence-electron chi connectivity index (χ0n) is 15.9. The summed E-state index contributed by atoms with van der Waals surface area (Å²) in [4.78, 5) is 26.2. The molecule has 0 unspecified atom stereocenters. The molecule has 24 heavy (non-hydrogen) atoms. The molecule has 0 aliphatic carbocycles. The van der Waals surface area contributed by atoms with Crippen LogP contribution in [0.1, 0.15) is 55.4 Å². The monoisotopic (exact) mass is 339 g/mol. The average Bonchev–Trinajstić information content (AvgIpc) is 2.62.